The van der Waals surface area contributed by atoms with Gasteiger partial charge in [0.2, 0.25) is 0 Å². The fraction of sp³-hybridized carbons (Fsp3) is 0. The van der Waals surface area contributed by atoms with Gasteiger partial charge in [-0.15, -0.1) is 0 Å². The molecule has 0 fully saturated rings. The van der Waals surface area contributed by atoms with Crippen molar-refractivity contribution < 1.29 is 8.78 Å². The molecular formula is C7H3F2IN2S. The molecule has 0 unspecified atom stereocenters. The van der Waals surface area contributed by atoms with Gasteiger partial charge in [0.15, 0.2) is 16.8 Å². The molecule has 1 aromatic heterocycles. The molecule has 0 aliphatic rings. The second kappa shape index (κ2) is 3.41. The van der Waals surface area contributed by atoms with Crippen LogP contribution in [-0.2, 0) is 0 Å². The van der Waals surface area contributed by atoms with E-state index >= 15 is 0 Å². The number of fused-ring (bicyclic) bond motifs is 1. The van der Waals surface area contributed by atoms with E-state index in [0.717, 1.165) is 12.1 Å². The smallest absolute Gasteiger partial charge is 0.176 e. The fourth-order valence-corrected chi connectivity index (χ4v) is 1.93. The first-order valence-corrected chi connectivity index (χ1v) is 6.70. The van der Waals surface area contributed by atoms with Crippen molar-refractivity contribution in [3.63, 3.8) is 0 Å². The Balaban J connectivity index is 2.70. The van der Waals surface area contributed by atoms with Gasteiger partial charge in [0.05, 0.1) is 11.0 Å². The highest BCUT2D eigenvalue weighted by atomic mass is 127. The number of imidazole rings is 1. The summed E-state index contributed by atoms with van der Waals surface area (Å²) in [6.07, 6.45) is 0. The Morgan fingerprint density at radius 1 is 1.31 bits per heavy atom. The number of aromatic nitrogens is 2. The van der Waals surface area contributed by atoms with E-state index in [-0.39, 0.29) is 0 Å². The zero-order valence-corrected chi connectivity index (χ0v) is 9.12. The van der Waals surface area contributed by atoms with Crippen molar-refractivity contribution in [2.45, 2.75) is 5.16 Å². The van der Waals surface area contributed by atoms with Crippen molar-refractivity contribution in [2.75, 3.05) is 0 Å². The third-order valence-corrected chi connectivity index (χ3v) is 3.17. The van der Waals surface area contributed by atoms with Crippen LogP contribution in [0.1, 0.15) is 0 Å². The summed E-state index contributed by atoms with van der Waals surface area (Å²) in [7, 11) is 1.36. The first kappa shape index (κ1) is 9.20. The number of benzene rings is 1. The van der Waals surface area contributed by atoms with Gasteiger partial charge in [-0.05, 0) is 8.93 Å². The molecule has 0 saturated carbocycles. The zero-order chi connectivity index (χ0) is 9.42. The summed E-state index contributed by atoms with van der Waals surface area (Å²) >= 11 is 2.04. The summed E-state index contributed by atoms with van der Waals surface area (Å²) in [6, 6.07) is 2.19. The first-order valence-electron chi connectivity index (χ1n) is 3.34. The predicted molar refractivity (Wildman–Crippen MR) is 55.9 cm³/mol. The number of nitrogens with one attached hydrogen (secondary N) is 1. The van der Waals surface area contributed by atoms with Crippen molar-refractivity contribution in [1.29, 1.82) is 0 Å². The minimum Gasteiger partial charge on any atom is -0.332 e. The van der Waals surface area contributed by atoms with Crippen molar-refractivity contribution >= 4 is 41.2 Å². The Bertz CT molecular complexity index is 418. The predicted octanol–water partition coefficient (Wildman–Crippen LogP) is 3.28. The van der Waals surface area contributed by atoms with E-state index in [1.165, 1.54) is 8.93 Å². The minimum atomic E-state index is -0.871. The van der Waals surface area contributed by atoms with E-state index < -0.39 is 11.6 Å². The van der Waals surface area contributed by atoms with Crippen LogP contribution in [0, 0.1) is 11.6 Å². The van der Waals surface area contributed by atoms with E-state index in [2.05, 4.69) is 9.97 Å². The van der Waals surface area contributed by atoms with Gasteiger partial charge in [-0.1, -0.05) is 0 Å². The Morgan fingerprint density at radius 2 is 2.00 bits per heavy atom. The summed E-state index contributed by atoms with van der Waals surface area (Å²) in [4.78, 5) is 6.88. The molecule has 13 heavy (non-hydrogen) atoms. The lowest BCUT2D eigenvalue weighted by Crippen LogP contribution is -1.82. The molecule has 1 heterocycles. The van der Waals surface area contributed by atoms with Crippen LogP contribution in [0.2, 0.25) is 0 Å². The van der Waals surface area contributed by atoms with Crippen molar-refractivity contribution in [3.05, 3.63) is 23.8 Å². The van der Waals surface area contributed by atoms with Crippen LogP contribution < -0.4 is 0 Å². The maximum absolute atomic E-state index is 12.7. The van der Waals surface area contributed by atoms with E-state index in [1.807, 2.05) is 21.2 Å². The second-order valence-electron chi connectivity index (χ2n) is 2.40. The van der Waals surface area contributed by atoms with Gasteiger partial charge >= 0.3 is 0 Å². The zero-order valence-electron chi connectivity index (χ0n) is 6.14. The second-order valence-corrected chi connectivity index (χ2v) is 4.26. The van der Waals surface area contributed by atoms with Crippen LogP contribution in [0.5, 0.6) is 0 Å². The third-order valence-electron chi connectivity index (χ3n) is 1.58. The molecule has 0 aliphatic heterocycles. The number of H-pyrrole nitrogens is 1. The maximum Gasteiger partial charge on any atom is 0.176 e. The van der Waals surface area contributed by atoms with Crippen LogP contribution in [0.3, 0.4) is 0 Å². The normalized spacial score (nSPS) is 11.0. The lowest BCUT2D eigenvalue weighted by Gasteiger charge is -1.90. The number of aromatic amines is 1. The van der Waals surface area contributed by atoms with E-state index in [0.29, 0.717) is 16.2 Å². The Morgan fingerprint density at radius 3 is 2.69 bits per heavy atom. The van der Waals surface area contributed by atoms with Crippen LogP contribution in [0.4, 0.5) is 8.78 Å². The highest BCUT2D eigenvalue weighted by molar-refractivity contribution is 14.2. The third kappa shape index (κ3) is 1.64. The van der Waals surface area contributed by atoms with Crippen LogP contribution in [0.15, 0.2) is 17.3 Å². The molecule has 2 aromatic rings. The van der Waals surface area contributed by atoms with Gasteiger partial charge in [0, 0.05) is 33.3 Å². The van der Waals surface area contributed by atoms with E-state index in [9.17, 15) is 8.78 Å². The largest absolute Gasteiger partial charge is 0.332 e. The number of nitrogens with zero attached hydrogens (tertiary/aromatic N) is 1. The molecular weight excluding hydrogens is 309 g/mol. The van der Waals surface area contributed by atoms with Gasteiger partial charge in [-0.2, -0.15) is 0 Å². The Kier molecular flexibility index (Phi) is 2.41. The molecule has 0 radical (unpaired) electrons. The average molecular weight is 312 g/mol. The van der Waals surface area contributed by atoms with Crippen LogP contribution >= 0.6 is 30.1 Å². The lowest BCUT2D eigenvalue weighted by molar-refractivity contribution is 0.510. The summed E-state index contributed by atoms with van der Waals surface area (Å²) < 4.78 is 25.5. The van der Waals surface area contributed by atoms with Crippen LogP contribution in [0.25, 0.3) is 11.0 Å². The van der Waals surface area contributed by atoms with Crippen molar-refractivity contribution in [2.24, 2.45) is 0 Å². The quantitative estimate of drug-likeness (QED) is 0.819. The molecule has 2 nitrogen and oxygen atoms in total. The van der Waals surface area contributed by atoms with Crippen molar-refractivity contribution in [3.8, 4) is 0 Å². The summed E-state index contributed by atoms with van der Waals surface area (Å²) in [5.74, 6) is -1.73. The lowest BCUT2D eigenvalue weighted by atomic mass is 10.3. The SMILES string of the molecule is Fc1cc2nc(SI)[nH]c2cc1F. The molecule has 0 saturated heterocycles. The molecule has 1 N–H and O–H groups in total. The van der Waals surface area contributed by atoms with Gasteiger partial charge in [-0.25, -0.2) is 13.8 Å². The molecule has 68 valence electrons. The topological polar surface area (TPSA) is 28.7 Å². The number of rotatable bonds is 1. The summed E-state index contributed by atoms with van der Waals surface area (Å²) in [5.41, 5.74) is 0.955. The summed E-state index contributed by atoms with van der Waals surface area (Å²) in [6.45, 7) is 0. The highest BCUT2D eigenvalue weighted by Gasteiger charge is 2.07. The molecule has 2 rings (SSSR count). The first-order chi connectivity index (χ1) is 6.20. The number of hydrogen-bond acceptors (Lipinski definition) is 2. The van der Waals surface area contributed by atoms with E-state index in [4.69, 9.17) is 0 Å². The maximum atomic E-state index is 12.7. The molecule has 1 aromatic carbocycles. The monoisotopic (exact) mass is 312 g/mol. The van der Waals surface area contributed by atoms with Gasteiger partial charge in [0.25, 0.3) is 0 Å². The summed E-state index contributed by atoms with van der Waals surface area (Å²) in [5, 5.41) is 0.639. The standard InChI is InChI=1S/C7H3F2IN2S/c8-3-1-5-6(2-4(3)9)12-7(11-5)13-10/h1-2H,(H,11,12). The van der Waals surface area contributed by atoms with Crippen LogP contribution in [-0.4, -0.2) is 9.97 Å². The van der Waals surface area contributed by atoms with E-state index in [1.54, 1.807) is 0 Å². The minimum absolute atomic E-state index is 0.443. The highest BCUT2D eigenvalue weighted by Crippen LogP contribution is 2.25. The van der Waals surface area contributed by atoms with Gasteiger partial charge < -0.3 is 4.98 Å². The van der Waals surface area contributed by atoms with Crippen molar-refractivity contribution in [1.82, 2.24) is 9.97 Å². The molecule has 0 amide bonds. The van der Waals surface area contributed by atoms with Gasteiger partial charge in [-0.3, -0.25) is 0 Å². The Hall–Kier alpha value is -0.370. The Labute approximate surface area is 88.7 Å². The molecule has 0 bridgehead atoms. The number of hydrogen-bond donors (Lipinski definition) is 1. The molecule has 0 atom stereocenters. The molecule has 0 aliphatic carbocycles. The molecule has 0 spiro atoms. The number of halogens is 3. The average Bonchev–Trinajstić information content (AvgIpc) is 2.48. The molecule has 6 heteroatoms. The van der Waals surface area contributed by atoms with Gasteiger partial charge in [0.1, 0.15) is 0 Å². The fourth-order valence-electron chi connectivity index (χ4n) is 1.02.